The molecule has 0 radical (unpaired) electrons. The molecule has 156 valence electrons. The van der Waals surface area contributed by atoms with Crippen LogP contribution < -0.4 is 14.2 Å². The van der Waals surface area contributed by atoms with Crippen LogP contribution in [0.1, 0.15) is 10.4 Å². The van der Waals surface area contributed by atoms with Crippen molar-refractivity contribution >= 4 is 27.6 Å². The van der Waals surface area contributed by atoms with Crippen molar-refractivity contribution < 1.29 is 19.0 Å². The number of carbonyl (C=O) groups excluding carboxylic acids is 1. The van der Waals surface area contributed by atoms with Crippen molar-refractivity contribution in [2.75, 3.05) is 20.8 Å². The molecule has 0 unspecified atom stereocenters. The predicted octanol–water partition coefficient (Wildman–Crippen LogP) is 3.38. The summed E-state index contributed by atoms with van der Waals surface area (Å²) in [5, 5.41) is 9.42. The summed E-state index contributed by atoms with van der Waals surface area (Å²) in [6.07, 6.45) is 3.53. The number of fused-ring (bicyclic) bond motifs is 2. The Morgan fingerprint density at radius 2 is 1.84 bits per heavy atom. The van der Waals surface area contributed by atoms with Crippen LogP contribution in [0.4, 0.5) is 0 Å². The number of pyridine rings is 1. The van der Waals surface area contributed by atoms with Gasteiger partial charge in [-0.3, -0.25) is 4.79 Å². The van der Waals surface area contributed by atoms with E-state index in [1.54, 1.807) is 53.8 Å². The van der Waals surface area contributed by atoms with Crippen LogP contribution in [-0.4, -0.2) is 50.8 Å². The lowest BCUT2D eigenvalue weighted by molar-refractivity contribution is 0.0922. The molecule has 4 aromatic heterocycles. The van der Waals surface area contributed by atoms with E-state index in [0.717, 1.165) is 0 Å². The summed E-state index contributed by atoms with van der Waals surface area (Å²) in [5.41, 5.74) is 2.59. The van der Waals surface area contributed by atoms with Gasteiger partial charge in [0.05, 0.1) is 26.6 Å². The van der Waals surface area contributed by atoms with E-state index in [1.807, 2.05) is 24.3 Å². The predicted molar refractivity (Wildman–Crippen MR) is 114 cm³/mol. The minimum atomic E-state index is -0.115. The van der Waals surface area contributed by atoms with Gasteiger partial charge >= 0.3 is 0 Å². The van der Waals surface area contributed by atoms with Gasteiger partial charge in [0.25, 0.3) is 5.19 Å². The molecule has 1 aromatic carbocycles. The zero-order valence-electron chi connectivity index (χ0n) is 16.7. The fourth-order valence-electron chi connectivity index (χ4n) is 3.13. The monoisotopic (exact) mass is 435 g/mol. The van der Waals surface area contributed by atoms with Crippen LogP contribution in [0.5, 0.6) is 16.7 Å². The van der Waals surface area contributed by atoms with Crippen molar-refractivity contribution in [2.45, 2.75) is 0 Å². The van der Waals surface area contributed by atoms with Crippen molar-refractivity contribution in [1.29, 1.82) is 0 Å². The lowest BCUT2D eigenvalue weighted by Gasteiger charge is -2.09. The van der Waals surface area contributed by atoms with E-state index in [-0.39, 0.29) is 12.4 Å². The van der Waals surface area contributed by atoms with Gasteiger partial charge in [-0.15, -0.1) is 5.10 Å². The summed E-state index contributed by atoms with van der Waals surface area (Å²) in [6.45, 7) is -0.0999. The number of ether oxygens (including phenoxy) is 3. The van der Waals surface area contributed by atoms with Gasteiger partial charge in [-0.2, -0.15) is 5.10 Å². The average molecular weight is 435 g/mol. The largest absolute Gasteiger partial charge is 0.495 e. The smallest absolute Gasteiger partial charge is 0.294 e. The van der Waals surface area contributed by atoms with Gasteiger partial charge in [0.2, 0.25) is 4.96 Å². The molecule has 0 saturated carbocycles. The van der Waals surface area contributed by atoms with E-state index in [4.69, 9.17) is 14.2 Å². The van der Waals surface area contributed by atoms with Crippen molar-refractivity contribution in [3.63, 3.8) is 0 Å². The number of ketones is 1. The standard InChI is InChI=1S/C21H17N5O4S/c1-28-14-8-19(30-12-18(27)13-6-4-3-5-7-13)17-9-15(23-25(17)10-14)16-11-26-20(22-16)31-21(24-26)29-2/h3-11H,12H2,1-2H3. The number of imidazole rings is 1. The highest BCUT2D eigenvalue weighted by Crippen LogP contribution is 2.30. The number of aromatic nitrogens is 5. The SMILES string of the molecule is COc1cc(OCC(=O)c2ccccc2)c2cc(-c3cn4nc(OC)sc4n3)nn2c1. The number of Topliss-reactive ketones (excluding diaryl/α,β-unsaturated/α-hetero) is 1. The molecule has 5 aromatic rings. The first-order valence-electron chi connectivity index (χ1n) is 9.33. The molecule has 0 atom stereocenters. The number of hydrogen-bond acceptors (Lipinski definition) is 8. The Morgan fingerprint density at radius 1 is 1.00 bits per heavy atom. The molecule has 9 nitrogen and oxygen atoms in total. The second-order valence-corrected chi connectivity index (χ2v) is 7.53. The molecule has 0 aliphatic heterocycles. The Labute approximate surface area is 180 Å². The number of benzene rings is 1. The van der Waals surface area contributed by atoms with Crippen molar-refractivity contribution in [1.82, 2.24) is 24.2 Å². The lowest BCUT2D eigenvalue weighted by atomic mass is 10.1. The summed E-state index contributed by atoms with van der Waals surface area (Å²) in [7, 11) is 3.13. The van der Waals surface area contributed by atoms with Crippen molar-refractivity contribution in [3.8, 4) is 28.1 Å². The number of hydrogen-bond donors (Lipinski definition) is 0. The zero-order chi connectivity index (χ0) is 21.4. The summed E-state index contributed by atoms with van der Waals surface area (Å²) in [6, 6.07) is 12.6. The van der Waals surface area contributed by atoms with Gasteiger partial charge in [-0.1, -0.05) is 30.3 Å². The summed E-state index contributed by atoms with van der Waals surface area (Å²) in [5.74, 6) is 0.931. The molecule has 0 amide bonds. The first-order chi connectivity index (χ1) is 15.1. The van der Waals surface area contributed by atoms with Crippen LogP contribution in [-0.2, 0) is 0 Å². The van der Waals surface area contributed by atoms with Gasteiger partial charge in [0, 0.05) is 11.6 Å². The topological polar surface area (TPSA) is 92.2 Å². The molecule has 31 heavy (non-hydrogen) atoms. The Balaban J connectivity index is 1.48. The van der Waals surface area contributed by atoms with Crippen molar-refractivity contribution in [3.05, 3.63) is 60.4 Å². The quantitative estimate of drug-likeness (QED) is 0.362. The van der Waals surface area contributed by atoms with E-state index in [0.29, 0.717) is 44.1 Å². The third-order valence-corrected chi connectivity index (χ3v) is 5.55. The number of nitrogens with zero attached hydrogens (tertiary/aromatic N) is 5. The highest BCUT2D eigenvalue weighted by atomic mass is 32.1. The number of carbonyl (C=O) groups is 1. The fraction of sp³-hybridized carbons (Fsp3) is 0.143. The van der Waals surface area contributed by atoms with Crippen LogP contribution in [0, 0.1) is 0 Å². The molecule has 0 spiro atoms. The van der Waals surface area contributed by atoms with Crippen LogP contribution in [0.3, 0.4) is 0 Å². The Bertz CT molecular complexity index is 1360. The third-order valence-electron chi connectivity index (χ3n) is 4.66. The normalized spacial score (nSPS) is 11.2. The maximum Gasteiger partial charge on any atom is 0.294 e. The second-order valence-electron chi connectivity index (χ2n) is 6.61. The Kier molecular flexibility index (Phi) is 4.75. The molecule has 0 bridgehead atoms. The minimum absolute atomic E-state index is 0.0999. The number of rotatable bonds is 7. The highest BCUT2D eigenvalue weighted by molar-refractivity contribution is 7.18. The summed E-state index contributed by atoms with van der Waals surface area (Å²) < 4.78 is 19.7. The van der Waals surface area contributed by atoms with E-state index >= 15 is 0 Å². The molecule has 0 aliphatic carbocycles. The maximum atomic E-state index is 12.4. The fourth-order valence-corrected chi connectivity index (χ4v) is 3.83. The van der Waals surface area contributed by atoms with Crippen LogP contribution in [0.25, 0.3) is 21.9 Å². The van der Waals surface area contributed by atoms with Crippen LogP contribution >= 0.6 is 11.3 Å². The van der Waals surface area contributed by atoms with Crippen LogP contribution in [0.2, 0.25) is 0 Å². The first kappa shape index (κ1) is 19.1. The van der Waals surface area contributed by atoms with Gasteiger partial charge in [-0.05, 0) is 17.4 Å². The van der Waals surface area contributed by atoms with Gasteiger partial charge in [0.1, 0.15) is 28.4 Å². The molecule has 4 heterocycles. The van der Waals surface area contributed by atoms with Gasteiger partial charge in [-0.25, -0.2) is 14.0 Å². The molecule has 5 rings (SSSR count). The van der Waals surface area contributed by atoms with E-state index in [2.05, 4.69) is 15.2 Å². The number of methoxy groups -OCH3 is 2. The molecule has 10 heteroatoms. The average Bonchev–Trinajstić information content (AvgIpc) is 3.50. The van der Waals surface area contributed by atoms with E-state index in [9.17, 15) is 4.79 Å². The zero-order valence-corrected chi connectivity index (χ0v) is 17.5. The third kappa shape index (κ3) is 3.57. The highest BCUT2D eigenvalue weighted by Gasteiger charge is 2.16. The summed E-state index contributed by atoms with van der Waals surface area (Å²) >= 11 is 1.34. The molecule has 0 fully saturated rings. The Hall–Kier alpha value is -3.92. The van der Waals surface area contributed by atoms with Crippen molar-refractivity contribution in [2.24, 2.45) is 0 Å². The van der Waals surface area contributed by atoms with E-state index in [1.165, 1.54) is 11.3 Å². The molecule has 0 aliphatic rings. The van der Waals surface area contributed by atoms with Gasteiger partial charge in [0.15, 0.2) is 12.4 Å². The minimum Gasteiger partial charge on any atom is -0.495 e. The molecule has 0 N–H and O–H groups in total. The lowest BCUT2D eigenvalue weighted by Crippen LogP contribution is -2.12. The van der Waals surface area contributed by atoms with Gasteiger partial charge < -0.3 is 14.2 Å². The maximum absolute atomic E-state index is 12.4. The van der Waals surface area contributed by atoms with Crippen LogP contribution in [0.15, 0.2) is 54.9 Å². The van der Waals surface area contributed by atoms with E-state index < -0.39 is 0 Å². The Morgan fingerprint density at radius 3 is 2.58 bits per heavy atom. The molecular formula is C21H17N5O4S. The molecular weight excluding hydrogens is 418 g/mol. The second kappa shape index (κ2) is 7.73. The molecule has 0 saturated heterocycles. The summed E-state index contributed by atoms with van der Waals surface area (Å²) in [4.78, 5) is 17.7. The first-order valence-corrected chi connectivity index (χ1v) is 10.2.